The molecule has 7 nitrogen and oxygen atoms in total. The summed E-state index contributed by atoms with van der Waals surface area (Å²) in [5, 5.41) is 10.4. The van der Waals surface area contributed by atoms with Gasteiger partial charge in [-0.05, 0) is 29.8 Å². The van der Waals surface area contributed by atoms with Gasteiger partial charge in [0.1, 0.15) is 17.4 Å². The van der Waals surface area contributed by atoms with E-state index >= 15 is 0 Å². The predicted molar refractivity (Wildman–Crippen MR) is 119 cm³/mol. The van der Waals surface area contributed by atoms with Crippen molar-refractivity contribution < 1.29 is 37.4 Å². The van der Waals surface area contributed by atoms with E-state index in [1.807, 2.05) is 0 Å². The Morgan fingerprint density at radius 2 is 1.76 bits per heavy atom. The highest BCUT2D eigenvalue weighted by molar-refractivity contribution is 7.98. The molecule has 0 bridgehead atoms. The van der Waals surface area contributed by atoms with E-state index in [0.717, 1.165) is 30.0 Å². The van der Waals surface area contributed by atoms with Crippen LogP contribution in [-0.2, 0) is 20.0 Å². The lowest BCUT2D eigenvalue weighted by Crippen LogP contribution is -2.14. The van der Waals surface area contributed by atoms with Gasteiger partial charge in [-0.2, -0.15) is 0 Å². The maximum absolute atomic E-state index is 13.9. The molecule has 1 heterocycles. The van der Waals surface area contributed by atoms with E-state index in [-0.39, 0.29) is 34.2 Å². The van der Waals surface area contributed by atoms with Crippen molar-refractivity contribution in [3.05, 3.63) is 93.0 Å². The zero-order valence-electron chi connectivity index (χ0n) is 18.2. The van der Waals surface area contributed by atoms with Gasteiger partial charge in [0.05, 0.1) is 37.9 Å². The van der Waals surface area contributed by atoms with Gasteiger partial charge in [-0.1, -0.05) is 12.1 Å². The number of carbonyl (C=O) groups excluding carboxylic acids is 2. The smallest absolute Gasteiger partial charge is 0.337 e. The van der Waals surface area contributed by atoms with Gasteiger partial charge in [0.2, 0.25) is 11.2 Å². The van der Waals surface area contributed by atoms with Crippen LogP contribution in [0.2, 0.25) is 0 Å². The summed E-state index contributed by atoms with van der Waals surface area (Å²) in [6.07, 6.45) is -0.270. The van der Waals surface area contributed by atoms with E-state index in [1.165, 1.54) is 44.6 Å². The van der Waals surface area contributed by atoms with Crippen LogP contribution in [0.4, 0.5) is 8.78 Å². The van der Waals surface area contributed by atoms with E-state index in [1.54, 1.807) is 0 Å². The Kier molecular flexibility index (Phi) is 8.06. The van der Waals surface area contributed by atoms with Crippen molar-refractivity contribution >= 4 is 23.7 Å². The Bertz CT molecular complexity index is 1260. The van der Waals surface area contributed by atoms with Gasteiger partial charge in [-0.15, -0.1) is 11.8 Å². The molecule has 0 saturated heterocycles. The maximum atomic E-state index is 13.9. The maximum Gasteiger partial charge on any atom is 0.337 e. The molecular formula is C24H20F2O7S. The number of benzene rings is 2. The molecule has 3 rings (SSSR count). The molecule has 1 atom stereocenters. The van der Waals surface area contributed by atoms with Crippen LogP contribution in [0.3, 0.4) is 0 Å². The number of methoxy groups -OCH3 is 2. The largest absolute Gasteiger partial charge is 0.502 e. The first kappa shape index (κ1) is 25.0. The zero-order valence-corrected chi connectivity index (χ0v) is 19.0. The van der Waals surface area contributed by atoms with Crippen LogP contribution in [0.1, 0.15) is 39.8 Å². The second-order valence-corrected chi connectivity index (χ2v) is 8.12. The fourth-order valence-corrected chi connectivity index (χ4v) is 3.99. The molecule has 10 heteroatoms. The summed E-state index contributed by atoms with van der Waals surface area (Å²) in [4.78, 5) is 36.4. The van der Waals surface area contributed by atoms with Crippen LogP contribution in [0.15, 0.2) is 62.6 Å². The highest BCUT2D eigenvalue weighted by atomic mass is 32.2. The summed E-state index contributed by atoms with van der Waals surface area (Å²) in [5.74, 6) is -4.35. The molecule has 0 aliphatic rings. The van der Waals surface area contributed by atoms with E-state index in [2.05, 4.69) is 4.74 Å². The Morgan fingerprint density at radius 3 is 2.38 bits per heavy atom. The number of hydrogen-bond donors (Lipinski definition) is 1. The monoisotopic (exact) mass is 490 g/mol. The van der Waals surface area contributed by atoms with Crippen molar-refractivity contribution in [1.82, 2.24) is 0 Å². The van der Waals surface area contributed by atoms with Crippen molar-refractivity contribution in [3.8, 4) is 5.75 Å². The Labute approximate surface area is 197 Å². The average molecular weight is 490 g/mol. The number of rotatable bonds is 8. The standard InChI is InChI=1S/C24H20F2O7S/c1-31-21(28)11-17(13-3-5-14(6-4-13)24(30)32-2)23-22(29)19(27)10-16(33-23)12-34-20-8-7-15(25)9-18(20)26/h3-10,17,29H,11-12H2,1-2H3/t17-/m1/s1. The predicted octanol–water partition coefficient (Wildman–Crippen LogP) is 4.40. The number of aromatic hydroxyl groups is 1. The van der Waals surface area contributed by atoms with E-state index < -0.39 is 40.7 Å². The number of hydrogen-bond acceptors (Lipinski definition) is 8. The van der Waals surface area contributed by atoms with Gasteiger partial charge >= 0.3 is 11.9 Å². The van der Waals surface area contributed by atoms with Gasteiger partial charge in [-0.25, -0.2) is 13.6 Å². The minimum atomic E-state index is -0.917. The van der Waals surface area contributed by atoms with Crippen molar-refractivity contribution in [2.24, 2.45) is 0 Å². The first-order chi connectivity index (χ1) is 16.2. The van der Waals surface area contributed by atoms with E-state index in [0.29, 0.717) is 5.56 Å². The van der Waals surface area contributed by atoms with Crippen LogP contribution in [0.25, 0.3) is 0 Å². The molecule has 0 radical (unpaired) electrons. The summed E-state index contributed by atoms with van der Waals surface area (Å²) >= 11 is 0.967. The van der Waals surface area contributed by atoms with Gasteiger partial charge in [0, 0.05) is 17.0 Å². The molecule has 3 aromatic rings. The minimum absolute atomic E-state index is 0.00268. The molecule has 34 heavy (non-hydrogen) atoms. The molecule has 0 aliphatic heterocycles. The lowest BCUT2D eigenvalue weighted by molar-refractivity contribution is -0.140. The van der Waals surface area contributed by atoms with Gasteiger partial charge < -0.3 is 19.0 Å². The molecule has 0 aliphatic carbocycles. The van der Waals surface area contributed by atoms with Gasteiger partial charge in [0.25, 0.3) is 0 Å². The fraction of sp³-hybridized carbons (Fsp3) is 0.208. The average Bonchev–Trinajstić information content (AvgIpc) is 2.83. The first-order valence-electron chi connectivity index (χ1n) is 9.92. The van der Waals surface area contributed by atoms with Crippen molar-refractivity contribution in [2.45, 2.75) is 23.0 Å². The summed E-state index contributed by atoms with van der Waals surface area (Å²) in [5.41, 5.74) is -0.0245. The summed E-state index contributed by atoms with van der Waals surface area (Å²) in [6.45, 7) is 0. The molecule has 178 valence electrons. The third kappa shape index (κ3) is 5.82. The minimum Gasteiger partial charge on any atom is -0.502 e. The summed E-state index contributed by atoms with van der Waals surface area (Å²) in [7, 11) is 2.43. The molecule has 0 fully saturated rings. The third-order valence-electron chi connectivity index (χ3n) is 4.91. The van der Waals surface area contributed by atoms with E-state index in [9.17, 15) is 28.3 Å². The van der Waals surface area contributed by atoms with Crippen LogP contribution in [-0.4, -0.2) is 31.3 Å². The normalized spacial score (nSPS) is 11.6. The second-order valence-electron chi connectivity index (χ2n) is 7.10. The lowest BCUT2D eigenvalue weighted by atomic mass is 9.91. The molecule has 0 spiro atoms. The first-order valence-corrected chi connectivity index (χ1v) is 10.9. The number of carbonyl (C=O) groups is 2. The quantitative estimate of drug-likeness (QED) is 0.366. The fourth-order valence-electron chi connectivity index (χ4n) is 3.18. The van der Waals surface area contributed by atoms with Crippen LogP contribution < -0.4 is 5.43 Å². The molecule has 0 amide bonds. The Balaban J connectivity index is 1.97. The highest BCUT2D eigenvalue weighted by Gasteiger charge is 2.27. The van der Waals surface area contributed by atoms with Crippen molar-refractivity contribution in [3.63, 3.8) is 0 Å². The molecule has 0 unspecified atom stereocenters. The molecule has 1 N–H and O–H groups in total. The molecule has 1 aromatic heterocycles. The Morgan fingerprint density at radius 1 is 1.06 bits per heavy atom. The number of halogens is 2. The lowest BCUT2D eigenvalue weighted by Gasteiger charge is -2.18. The molecular weight excluding hydrogens is 470 g/mol. The third-order valence-corrected chi connectivity index (χ3v) is 5.98. The van der Waals surface area contributed by atoms with Crippen molar-refractivity contribution in [2.75, 3.05) is 14.2 Å². The molecule has 2 aromatic carbocycles. The van der Waals surface area contributed by atoms with Crippen LogP contribution in [0.5, 0.6) is 5.75 Å². The number of thioether (sulfide) groups is 1. The second kappa shape index (κ2) is 11.0. The zero-order chi connectivity index (χ0) is 24.8. The SMILES string of the molecule is COC(=O)C[C@H](c1ccc(C(=O)OC)cc1)c1oc(CSc2ccc(F)cc2F)cc(=O)c1O. The van der Waals surface area contributed by atoms with Gasteiger partial charge in [-0.3, -0.25) is 9.59 Å². The Hall–Kier alpha value is -3.66. The summed E-state index contributed by atoms with van der Waals surface area (Å²) < 4.78 is 42.3. The summed E-state index contributed by atoms with van der Waals surface area (Å²) in [6, 6.07) is 10.2. The van der Waals surface area contributed by atoms with E-state index in [4.69, 9.17) is 9.15 Å². The number of esters is 2. The molecule has 0 saturated carbocycles. The van der Waals surface area contributed by atoms with Crippen LogP contribution >= 0.6 is 11.8 Å². The number of ether oxygens (including phenoxy) is 2. The van der Waals surface area contributed by atoms with Crippen LogP contribution in [0, 0.1) is 11.6 Å². The topological polar surface area (TPSA) is 103 Å². The highest BCUT2D eigenvalue weighted by Crippen LogP contribution is 2.35. The van der Waals surface area contributed by atoms with Crippen molar-refractivity contribution in [1.29, 1.82) is 0 Å². The van der Waals surface area contributed by atoms with Gasteiger partial charge in [0.15, 0.2) is 5.76 Å².